The van der Waals surface area contributed by atoms with Crippen molar-refractivity contribution in [2.75, 3.05) is 0 Å². The smallest absolute Gasteiger partial charge is 0.268 e. The van der Waals surface area contributed by atoms with E-state index in [-0.39, 0.29) is 17.1 Å². The second kappa shape index (κ2) is 3.07. The molecule has 1 N–H and O–H groups in total. The van der Waals surface area contributed by atoms with Crippen LogP contribution in [0.3, 0.4) is 0 Å². The lowest BCUT2D eigenvalue weighted by Crippen LogP contribution is -2.48. The minimum Gasteiger partial charge on any atom is -0.299 e. The van der Waals surface area contributed by atoms with Gasteiger partial charge in [0.15, 0.2) is 0 Å². The number of hydrogen-bond acceptors (Lipinski definition) is 3. The van der Waals surface area contributed by atoms with Gasteiger partial charge in [0.25, 0.3) is 10.1 Å². The summed E-state index contributed by atoms with van der Waals surface area (Å²) in [4.78, 5) is 12.1. The van der Waals surface area contributed by atoms with E-state index < -0.39 is 20.8 Å². The lowest BCUT2D eigenvalue weighted by Gasteiger charge is -2.39. The van der Waals surface area contributed by atoms with Crippen molar-refractivity contribution >= 4 is 15.9 Å². The molecule has 4 nitrogen and oxygen atoms in total. The molecule has 2 aliphatic carbocycles. The van der Waals surface area contributed by atoms with Crippen LogP contribution in [0.25, 0.3) is 0 Å². The first kappa shape index (κ1) is 12.0. The van der Waals surface area contributed by atoms with Crippen molar-refractivity contribution in [1.29, 1.82) is 0 Å². The summed E-state index contributed by atoms with van der Waals surface area (Å²) in [5.74, 6) is 0.281. The van der Waals surface area contributed by atoms with Crippen LogP contribution in [0.1, 0.15) is 40.0 Å². The number of carbonyl (C=O) groups is 1. The van der Waals surface area contributed by atoms with Gasteiger partial charge in [0.2, 0.25) is 0 Å². The molecule has 2 unspecified atom stereocenters. The van der Waals surface area contributed by atoms with Gasteiger partial charge in [0.1, 0.15) is 5.78 Å². The Morgan fingerprint density at radius 3 is 2.31 bits per heavy atom. The van der Waals surface area contributed by atoms with Crippen molar-refractivity contribution in [3.05, 3.63) is 0 Å². The van der Waals surface area contributed by atoms with E-state index in [1.54, 1.807) is 0 Å². The van der Waals surface area contributed by atoms with Crippen LogP contribution in [-0.2, 0) is 14.9 Å². The van der Waals surface area contributed by atoms with Gasteiger partial charge in [-0.2, -0.15) is 8.42 Å². The minimum atomic E-state index is -4.15. The summed E-state index contributed by atoms with van der Waals surface area (Å²) in [6, 6.07) is 0. The van der Waals surface area contributed by atoms with Crippen molar-refractivity contribution in [1.82, 2.24) is 0 Å². The molecule has 3 atom stereocenters. The lowest BCUT2D eigenvalue weighted by atomic mass is 9.67. The number of carbonyl (C=O) groups excluding carboxylic acids is 1. The summed E-state index contributed by atoms with van der Waals surface area (Å²) in [5, 5.41) is -0.991. The third kappa shape index (κ3) is 1.19. The Hall–Kier alpha value is -0.420. The van der Waals surface area contributed by atoms with E-state index in [1.165, 1.54) is 6.92 Å². The van der Waals surface area contributed by atoms with Crippen molar-refractivity contribution < 1.29 is 17.8 Å². The van der Waals surface area contributed by atoms with E-state index in [0.717, 1.165) is 6.42 Å². The molecule has 2 fully saturated rings. The van der Waals surface area contributed by atoms with Crippen molar-refractivity contribution in [2.45, 2.75) is 45.3 Å². The van der Waals surface area contributed by atoms with Crippen LogP contribution in [0, 0.1) is 16.7 Å². The Labute approximate surface area is 96.2 Å². The predicted molar refractivity (Wildman–Crippen MR) is 59.6 cm³/mol. The van der Waals surface area contributed by atoms with E-state index >= 15 is 0 Å². The van der Waals surface area contributed by atoms with E-state index in [4.69, 9.17) is 0 Å². The zero-order chi connectivity index (χ0) is 12.4. The normalized spacial score (nSPS) is 39.0. The van der Waals surface area contributed by atoms with E-state index in [0.29, 0.717) is 12.8 Å². The van der Waals surface area contributed by atoms with Gasteiger partial charge in [-0.15, -0.1) is 0 Å². The molecule has 2 aliphatic rings. The summed E-state index contributed by atoms with van der Waals surface area (Å²) < 4.78 is 31.9. The molecule has 16 heavy (non-hydrogen) atoms. The summed E-state index contributed by atoms with van der Waals surface area (Å²) in [6.45, 7) is 5.37. The highest BCUT2D eigenvalue weighted by molar-refractivity contribution is 7.86. The van der Waals surface area contributed by atoms with Gasteiger partial charge in [-0.25, -0.2) is 0 Å². The maximum atomic E-state index is 12.1. The Balaban J connectivity index is 2.56. The molecule has 0 aliphatic heterocycles. The number of ketones is 1. The largest absolute Gasteiger partial charge is 0.299 e. The Morgan fingerprint density at radius 1 is 1.44 bits per heavy atom. The molecule has 0 aromatic carbocycles. The fourth-order valence-electron chi connectivity index (χ4n) is 3.92. The molecule has 0 spiro atoms. The fourth-order valence-corrected chi connectivity index (χ4v) is 4.98. The monoisotopic (exact) mass is 246 g/mol. The molecule has 92 valence electrons. The maximum absolute atomic E-state index is 12.1. The van der Waals surface area contributed by atoms with Gasteiger partial charge < -0.3 is 0 Å². The topological polar surface area (TPSA) is 71.4 Å². The van der Waals surface area contributed by atoms with E-state index in [2.05, 4.69) is 0 Å². The van der Waals surface area contributed by atoms with Gasteiger partial charge in [-0.3, -0.25) is 9.35 Å². The maximum Gasteiger partial charge on any atom is 0.268 e. The highest BCUT2D eigenvalue weighted by Crippen LogP contribution is 2.66. The first-order valence-electron chi connectivity index (χ1n) is 5.63. The third-order valence-electron chi connectivity index (χ3n) is 5.13. The first-order chi connectivity index (χ1) is 7.14. The fraction of sp³-hybridized carbons (Fsp3) is 0.909. The van der Waals surface area contributed by atoms with Gasteiger partial charge in [0, 0.05) is 6.42 Å². The molecule has 0 aromatic heterocycles. The lowest BCUT2D eigenvalue weighted by molar-refractivity contribution is -0.129. The van der Waals surface area contributed by atoms with Crippen molar-refractivity contribution in [2.24, 2.45) is 16.7 Å². The SMILES string of the molecule is C[C@H](C12CCC(CC1=O)C2(C)C)S(=O)(=O)O. The van der Waals surface area contributed by atoms with Gasteiger partial charge >= 0.3 is 0 Å². The summed E-state index contributed by atoms with van der Waals surface area (Å²) in [5.41, 5.74) is -1.19. The van der Waals surface area contributed by atoms with Crippen molar-refractivity contribution in [3.63, 3.8) is 0 Å². The van der Waals surface area contributed by atoms with Crippen LogP contribution < -0.4 is 0 Å². The standard InChI is InChI=1S/C11H18O4S/c1-7(16(13,14)15)11-5-4-8(6-9(11)12)10(11,2)3/h7-8H,4-6H2,1-3H3,(H,13,14,15)/t7-,8?,11?/m1/s1. The Bertz CT molecular complexity index is 437. The Kier molecular flexibility index (Phi) is 2.31. The highest BCUT2D eigenvalue weighted by atomic mass is 32.2. The molecule has 0 radical (unpaired) electrons. The van der Waals surface area contributed by atoms with Crippen LogP contribution >= 0.6 is 0 Å². The van der Waals surface area contributed by atoms with Gasteiger partial charge in [-0.05, 0) is 31.1 Å². The third-order valence-corrected chi connectivity index (χ3v) is 6.42. The molecule has 2 rings (SSSR count). The van der Waals surface area contributed by atoms with E-state index in [9.17, 15) is 17.8 Å². The molecule has 2 bridgehead atoms. The van der Waals surface area contributed by atoms with Crippen LogP contribution in [0.15, 0.2) is 0 Å². The molecule has 0 amide bonds. The molecule has 0 saturated heterocycles. The van der Waals surface area contributed by atoms with Crippen LogP contribution in [0.2, 0.25) is 0 Å². The molecule has 5 heteroatoms. The second-order valence-electron chi connectivity index (χ2n) is 5.71. The Morgan fingerprint density at radius 2 is 2.00 bits per heavy atom. The summed E-state index contributed by atoms with van der Waals surface area (Å²) >= 11 is 0. The minimum absolute atomic E-state index is 0.0128. The van der Waals surface area contributed by atoms with Crippen LogP contribution in [-0.4, -0.2) is 24.0 Å². The molecular formula is C11H18O4S. The van der Waals surface area contributed by atoms with Crippen molar-refractivity contribution in [3.8, 4) is 0 Å². The first-order valence-corrected chi connectivity index (χ1v) is 7.14. The van der Waals surface area contributed by atoms with Gasteiger partial charge in [-0.1, -0.05) is 13.8 Å². The summed E-state index contributed by atoms with van der Waals surface area (Å²) in [6.07, 6.45) is 1.94. The number of hydrogen-bond donors (Lipinski definition) is 1. The van der Waals surface area contributed by atoms with Gasteiger partial charge in [0.05, 0.1) is 10.7 Å². The summed E-state index contributed by atoms with van der Waals surface area (Å²) in [7, 11) is -4.15. The van der Waals surface area contributed by atoms with Crippen LogP contribution in [0.5, 0.6) is 0 Å². The zero-order valence-corrected chi connectivity index (χ0v) is 10.7. The molecule has 0 aromatic rings. The second-order valence-corrected chi connectivity index (χ2v) is 7.45. The molecule has 0 heterocycles. The molecule has 2 saturated carbocycles. The average molecular weight is 246 g/mol. The molecular weight excluding hydrogens is 228 g/mol. The number of fused-ring (bicyclic) bond motifs is 2. The highest BCUT2D eigenvalue weighted by Gasteiger charge is 2.68. The average Bonchev–Trinajstić information content (AvgIpc) is 2.48. The van der Waals surface area contributed by atoms with E-state index in [1.807, 2.05) is 13.8 Å². The number of Topliss-reactive ketones (excluding diaryl/α,β-unsaturated/α-hetero) is 1. The predicted octanol–water partition coefficient (Wildman–Crippen LogP) is 1.66. The zero-order valence-electron chi connectivity index (χ0n) is 9.86. The number of rotatable bonds is 2. The van der Waals surface area contributed by atoms with Crippen LogP contribution in [0.4, 0.5) is 0 Å². The quantitative estimate of drug-likeness (QED) is 0.752.